The standard InChI is InChI=1S/C14H16ClNO2S/c1-3-14(4-2,13(17)18)8-11-16-10-7-5-6-9(15)12(10)19-11/h5-7H,3-4,8H2,1-2H3,(H,17,18). The largest absolute Gasteiger partial charge is 0.481 e. The van der Waals surface area contributed by atoms with Gasteiger partial charge in [-0.1, -0.05) is 31.5 Å². The minimum absolute atomic E-state index is 0.463. The van der Waals surface area contributed by atoms with E-state index in [2.05, 4.69) is 4.98 Å². The summed E-state index contributed by atoms with van der Waals surface area (Å²) in [6.07, 6.45) is 1.66. The van der Waals surface area contributed by atoms with Crippen molar-refractivity contribution >= 4 is 39.1 Å². The summed E-state index contributed by atoms with van der Waals surface area (Å²) in [5, 5.41) is 11.0. The van der Waals surface area contributed by atoms with Crippen LogP contribution in [-0.4, -0.2) is 16.1 Å². The van der Waals surface area contributed by atoms with Gasteiger partial charge in [0.25, 0.3) is 0 Å². The van der Waals surface area contributed by atoms with Gasteiger partial charge in [0.15, 0.2) is 0 Å². The molecule has 0 bridgehead atoms. The average Bonchev–Trinajstić information content (AvgIpc) is 2.79. The summed E-state index contributed by atoms with van der Waals surface area (Å²) in [6.45, 7) is 3.83. The quantitative estimate of drug-likeness (QED) is 0.891. The number of carboxylic acid groups (broad SMARTS) is 1. The van der Waals surface area contributed by atoms with E-state index in [9.17, 15) is 9.90 Å². The molecule has 0 radical (unpaired) electrons. The molecule has 5 heteroatoms. The first-order valence-electron chi connectivity index (χ1n) is 6.29. The molecule has 0 atom stereocenters. The SMILES string of the molecule is CCC(CC)(Cc1nc2cccc(Cl)c2s1)C(=O)O. The highest BCUT2D eigenvalue weighted by Gasteiger charge is 2.36. The van der Waals surface area contributed by atoms with Crippen molar-refractivity contribution in [1.82, 2.24) is 4.98 Å². The molecule has 1 aromatic carbocycles. The van der Waals surface area contributed by atoms with E-state index >= 15 is 0 Å². The number of hydrogen-bond acceptors (Lipinski definition) is 3. The van der Waals surface area contributed by atoms with E-state index in [-0.39, 0.29) is 0 Å². The van der Waals surface area contributed by atoms with Gasteiger partial charge in [-0.25, -0.2) is 4.98 Å². The Balaban J connectivity index is 2.40. The lowest BCUT2D eigenvalue weighted by Gasteiger charge is -2.25. The second-order valence-corrected chi connectivity index (χ2v) is 6.16. The monoisotopic (exact) mass is 297 g/mol. The summed E-state index contributed by atoms with van der Waals surface area (Å²) in [4.78, 5) is 16.0. The minimum Gasteiger partial charge on any atom is -0.481 e. The number of benzene rings is 1. The summed E-state index contributed by atoms with van der Waals surface area (Å²) in [7, 11) is 0. The molecule has 0 spiro atoms. The Labute approximate surface area is 121 Å². The van der Waals surface area contributed by atoms with Gasteiger partial charge in [-0.2, -0.15) is 0 Å². The fourth-order valence-electron chi connectivity index (χ4n) is 2.20. The Bertz CT molecular complexity index is 605. The molecular weight excluding hydrogens is 282 g/mol. The molecule has 2 aromatic rings. The number of hydrogen-bond donors (Lipinski definition) is 1. The third-order valence-electron chi connectivity index (χ3n) is 3.71. The van der Waals surface area contributed by atoms with Gasteiger partial charge in [0, 0.05) is 6.42 Å². The lowest BCUT2D eigenvalue weighted by atomic mass is 9.79. The second kappa shape index (κ2) is 5.47. The van der Waals surface area contributed by atoms with Gasteiger partial charge in [0.2, 0.25) is 0 Å². The number of aliphatic carboxylic acids is 1. The van der Waals surface area contributed by atoms with Crippen LogP contribution in [0.3, 0.4) is 0 Å². The lowest BCUT2D eigenvalue weighted by molar-refractivity contribution is -0.149. The molecule has 102 valence electrons. The number of thiazole rings is 1. The number of carbonyl (C=O) groups is 1. The molecule has 0 fully saturated rings. The number of nitrogens with zero attached hydrogens (tertiary/aromatic N) is 1. The molecule has 0 aliphatic heterocycles. The predicted octanol–water partition coefficient (Wildman–Crippen LogP) is 4.38. The van der Waals surface area contributed by atoms with Crippen LogP contribution in [0, 0.1) is 5.41 Å². The molecule has 1 N–H and O–H groups in total. The predicted molar refractivity (Wildman–Crippen MR) is 79.0 cm³/mol. The van der Waals surface area contributed by atoms with E-state index in [4.69, 9.17) is 11.6 Å². The topological polar surface area (TPSA) is 50.2 Å². The summed E-state index contributed by atoms with van der Waals surface area (Å²) >= 11 is 7.62. The van der Waals surface area contributed by atoms with Crippen molar-refractivity contribution in [3.05, 3.63) is 28.2 Å². The van der Waals surface area contributed by atoms with E-state index in [0.29, 0.717) is 24.3 Å². The molecule has 0 aliphatic carbocycles. The Kier molecular flexibility index (Phi) is 4.11. The summed E-state index contributed by atoms with van der Waals surface area (Å²) < 4.78 is 0.936. The van der Waals surface area contributed by atoms with E-state index < -0.39 is 11.4 Å². The maximum absolute atomic E-state index is 11.5. The van der Waals surface area contributed by atoms with Crippen LogP contribution >= 0.6 is 22.9 Å². The van der Waals surface area contributed by atoms with Crippen molar-refractivity contribution in [2.75, 3.05) is 0 Å². The van der Waals surface area contributed by atoms with Crippen LogP contribution in [0.1, 0.15) is 31.7 Å². The fourth-order valence-corrected chi connectivity index (χ4v) is 3.60. The maximum Gasteiger partial charge on any atom is 0.310 e. The smallest absolute Gasteiger partial charge is 0.310 e. The van der Waals surface area contributed by atoms with Gasteiger partial charge < -0.3 is 5.11 Å². The highest BCUT2D eigenvalue weighted by Crippen LogP contribution is 2.36. The lowest BCUT2D eigenvalue weighted by Crippen LogP contribution is -2.32. The van der Waals surface area contributed by atoms with E-state index in [1.165, 1.54) is 11.3 Å². The van der Waals surface area contributed by atoms with E-state index in [1.54, 1.807) is 0 Å². The van der Waals surface area contributed by atoms with Crippen LogP contribution in [0.5, 0.6) is 0 Å². The highest BCUT2D eigenvalue weighted by atomic mass is 35.5. The van der Waals surface area contributed by atoms with Gasteiger partial charge in [-0.15, -0.1) is 11.3 Å². The van der Waals surface area contributed by atoms with Crippen molar-refractivity contribution in [2.24, 2.45) is 5.41 Å². The second-order valence-electron chi connectivity index (χ2n) is 4.67. The first kappa shape index (κ1) is 14.3. The van der Waals surface area contributed by atoms with Gasteiger partial charge in [0.1, 0.15) is 0 Å². The summed E-state index contributed by atoms with van der Waals surface area (Å²) in [5.74, 6) is -0.747. The molecule has 0 saturated heterocycles. The number of rotatable bonds is 5. The fraction of sp³-hybridized carbons (Fsp3) is 0.429. The number of aromatic nitrogens is 1. The molecule has 0 amide bonds. The van der Waals surface area contributed by atoms with Crippen LogP contribution in [0.25, 0.3) is 10.2 Å². The van der Waals surface area contributed by atoms with Crippen LogP contribution < -0.4 is 0 Å². The normalized spacial score (nSPS) is 11.9. The van der Waals surface area contributed by atoms with Gasteiger partial charge >= 0.3 is 5.97 Å². The third-order valence-corrected chi connectivity index (χ3v) is 5.24. The highest BCUT2D eigenvalue weighted by molar-refractivity contribution is 7.19. The average molecular weight is 298 g/mol. The Morgan fingerprint density at radius 3 is 2.63 bits per heavy atom. The summed E-state index contributed by atoms with van der Waals surface area (Å²) in [5.41, 5.74) is 0.124. The zero-order valence-corrected chi connectivity index (χ0v) is 12.5. The molecule has 1 heterocycles. The van der Waals surface area contributed by atoms with Crippen LogP contribution in [0.4, 0.5) is 0 Å². The number of carboxylic acids is 1. The van der Waals surface area contributed by atoms with Crippen molar-refractivity contribution in [1.29, 1.82) is 0 Å². The molecular formula is C14H16ClNO2S. The van der Waals surface area contributed by atoms with Crippen molar-refractivity contribution < 1.29 is 9.90 Å². The molecule has 0 saturated carbocycles. The number of halogens is 1. The molecule has 19 heavy (non-hydrogen) atoms. The Morgan fingerprint density at radius 2 is 2.11 bits per heavy atom. The Morgan fingerprint density at radius 1 is 1.42 bits per heavy atom. The van der Waals surface area contributed by atoms with Crippen molar-refractivity contribution in [3.8, 4) is 0 Å². The minimum atomic E-state index is -0.747. The van der Waals surface area contributed by atoms with E-state index in [0.717, 1.165) is 15.2 Å². The first-order chi connectivity index (χ1) is 9.02. The zero-order valence-electron chi connectivity index (χ0n) is 10.9. The molecule has 1 aromatic heterocycles. The molecule has 2 rings (SSSR count). The van der Waals surface area contributed by atoms with Gasteiger partial charge in [-0.05, 0) is 25.0 Å². The first-order valence-corrected chi connectivity index (χ1v) is 7.49. The van der Waals surface area contributed by atoms with Crippen molar-refractivity contribution in [3.63, 3.8) is 0 Å². The van der Waals surface area contributed by atoms with Gasteiger partial charge in [0.05, 0.1) is 25.7 Å². The zero-order chi connectivity index (χ0) is 14.0. The molecule has 3 nitrogen and oxygen atoms in total. The van der Waals surface area contributed by atoms with Crippen LogP contribution in [-0.2, 0) is 11.2 Å². The van der Waals surface area contributed by atoms with E-state index in [1.807, 2.05) is 32.0 Å². The summed E-state index contributed by atoms with van der Waals surface area (Å²) in [6, 6.07) is 5.59. The van der Waals surface area contributed by atoms with Crippen LogP contribution in [0.15, 0.2) is 18.2 Å². The number of fused-ring (bicyclic) bond motifs is 1. The van der Waals surface area contributed by atoms with Crippen LogP contribution in [0.2, 0.25) is 5.02 Å². The van der Waals surface area contributed by atoms with Crippen molar-refractivity contribution in [2.45, 2.75) is 33.1 Å². The Hall–Kier alpha value is -1.13. The van der Waals surface area contributed by atoms with Gasteiger partial charge in [-0.3, -0.25) is 4.79 Å². The molecule has 0 aliphatic rings. The third kappa shape index (κ3) is 2.60. The molecule has 0 unspecified atom stereocenters. The maximum atomic E-state index is 11.5.